The molecule has 0 radical (unpaired) electrons. The summed E-state index contributed by atoms with van der Waals surface area (Å²) in [5, 5.41) is 5.86. The minimum absolute atomic E-state index is 0.176. The molecule has 1 heterocycles. The van der Waals surface area contributed by atoms with Gasteiger partial charge < -0.3 is 26.0 Å². The number of rotatable bonds is 10. The highest BCUT2D eigenvalue weighted by atomic mass is 16.5. The molecule has 1 aliphatic rings. The van der Waals surface area contributed by atoms with E-state index < -0.39 is 5.54 Å². The van der Waals surface area contributed by atoms with Gasteiger partial charge in [-0.05, 0) is 62.1 Å². The third-order valence-corrected chi connectivity index (χ3v) is 5.75. The molecule has 0 saturated carbocycles. The van der Waals surface area contributed by atoms with Gasteiger partial charge >= 0.3 is 0 Å². The summed E-state index contributed by atoms with van der Waals surface area (Å²) < 4.78 is 5.60. The van der Waals surface area contributed by atoms with Crippen molar-refractivity contribution < 1.29 is 14.3 Å². The smallest absolute Gasteiger partial charge is 0.258 e. The predicted molar refractivity (Wildman–Crippen MR) is 128 cm³/mol. The normalized spacial score (nSPS) is 15.2. The van der Waals surface area contributed by atoms with E-state index in [4.69, 9.17) is 10.5 Å². The number of nitrogens with two attached hydrogens (primary N) is 1. The third kappa shape index (κ3) is 6.23. The van der Waals surface area contributed by atoms with Gasteiger partial charge in [-0.15, -0.1) is 0 Å². The average Bonchev–Trinajstić information content (AvgIpc) is 3.33. The van der Waals surface area contributed by atoms with Crippen molar-refractivity contribution >= 4 is 23.2 Å². The highest BCUT2D eigenvalue weighted by Gasteiger charge is 2.34. The van der Waals surface area contributed by atoms with E-state index in [2.05, 4.69) is 21.6 Å². The second kappa shape index (κ2) is 11.0. The first kappa shape index (κ1) is 23.6. The van der Waals surface area contributed by atoms with Gasteiger partial charge in [-0.25, -0.2) is 0 Å². The predicted octanol–water partition coefficient (Wildman–Crippen LogP) is 3.44. The Bertz CT molecular complexity index is 927. The molecule has 0 aliphatic carbocycles. The van der Waals surface area contributed by atoms with Crippen LogP contribution in [0.2, 0.25) is 0 Å². The van der Waals surface area contributed by atoms with Crippen LogP contribution < -0.4 is 26.0 Å². The molecule has 2 amide bonds. The third-order valence-electron chi connectivity index (χ3n) is 5.75. The number of carbonyl (C=O) groups excluding carboxylic acids is 2. The molecular formula is C25H34N4O3. The number of hydrogen-bond acceptors (Lipinski definition) is 5. The molecule has 0 aromatic heterocycles. The van der Waals surface area contributed by atoms with E-state index in [1.54, 1.807) is 19.1 Å². The lowest BCUT2D eigenvalue weighted by Gasteiger charge is -2.29. The fourth-order valence-corrected chi connectivity index (χ4v) is 4.01. The number of hydrogen-bond donors (Lipinski definition) is 3. The molecule has 7 heteroatoms. The van der Waals surface area contributed by atoms with Crippen LogP contribution in [0.4, 0.5) is 11.4 Å². The van der Waals surface area contributed by atoms with Crippen molar-refractivity contribution in [2.75, 3.05) is 29.9 Å². The number of anilines is 2. The van der Waals surface area contributed by atoms with E-state index in [1.807, 2.05) is 37.3 Å². The van der Waals surface area contributed by atoms with Crippen molar-refractivity contribution in [3.63, 3.8) is 0 Å². The lowest BCUT2D eigenvalue weighted by molar-refractivity contribution is -0.131. The molecule has 172 valence electrons. The van der Waals surface area contributed by atoms with Gasteiger partial charge in [-0.2, -0.15) is 0 Å². The van der Waals surface area contributed by atoms with Crippen molar-refractivity contribution in [1.29, 1.82) is 0 Å². The molecule has 32 heavy (non-hydrogen) atoms. The largest absolute Gasteiger partial charge is 0.484 e. The Morgan fingerprint density at radius 3 is 2.59 bits per heavy atom. The Balaban J connectivity index is 1.62. The first-order chi connectivity index (χ1) is 15.4. The van der Waals surface area contributed by atoms with Crippen molar-refractivity contribution in [2.24, 2.45) is 5.73 Å². The van der Waals surface area contributed by atoms with E-state index in [-0.39, 0.29) is 18.4 Å². The minimum Gasteiger partial charge on any atom is -0.484 e. The van der Waals surface area contributed by atoms with Gasteiger partial charge in [0, 0.05) is 31.0 Å². The van der Waals surface area contributed by atoms with Gasteiger partial charge in [0.15, 0.2) is 6.61 Å². The highest BCUT2D eigenvalue weighted by Crippen LogP contribution is 2.24. The summed E-state index contributed by atoms with van der Waals surface area (Å²) in [5.74, 6) is -0.0139. The van der Waals surface area contributed by atoms with Gasteiger partial charge in [0.05, 0.1) is 0 Å². The van der Waals surface area contributed by atoms with E-state index in [1.165, 1.54) is 12.8 Å². The van der Waals surface area contributed by atoms with Crippen molar-refractivity contribution in [3.05, 3.63) is 54.1 Å². The maximum atomic E-state index is 13.2. The van der Waals surface area contributed by atoms with Crippen LogP contribution in [0.3, 0.4) is 0 Å². The van der Waals surface area contributed by atoms with Crippen molar-refractivity contribution in [1.82, 2.24) is 5.32 Å². The second-order valence-corrected chi connectivity index (χ2v) is 8.47. The van der Waals surface area contributed by atoms with Gasteiger partial charge in [-0.1, -0.05) is 31.5 Å². The summed E-state index contributed by atoms with van der Waals surface area (Å²) in [7, 11) is 0. The summed E-state index contributed by atoms with van der Waals surface area (Å²) in [4.78, 5) is 28.1. The molecule has 4 N–H and O–H groups in total. The first-order valence-electron chi connectivity index (χ1n) is 11.3. The molecule has 0 spiro atoms. The van der Waals surface area contributed by atoms with Crippen LogP contribution in [0.25, 0.3) is 0 Å². The Hall–Kier alpha value is -3.06. The Morgan fingerprint density at radius 2 is 1.88 bits per heavy atom. The number of benzene rings is 2. The average molecular weight is 439 g/mol. The first-order valence-corrected chi connectivity index (χ1v) is 11.3. The Labute approximate surface area is 190 Å². The van der Waals surface area contributed by atoms with Gasteiger partial charge in [0.2, 0.25) is 5.91 Å². The fraction of sp³-hybridized carbons (Fsp3) is 0.440. The summed E-state index contributed by atoms with van der Waals surface area (Å²) in [5.41, 5.74) is 7.37. The van der Waals surface area contributed by atoms with E-state index >= 15 is 0 Å². The maximum absolute atomic E-state index is 13.2. The second-order valence-electron chi connectivity index (χ2n) is 8.47. The van der Waals surface area contributed by atoms with Crippen LogP contribution in [-0.4, -0.2) is 37.0 Å². The Morgan fingerprint density at radius 1 is 1.12 bits per heavy atom. The van der Waals surface area contributed by atoms with E-state index in [0.717, 1.165) is 36.4 Å². The summed E-state index contributed by atoms with van der Waals surface area (Å²) in [6.45, 7) is 6.04. The standard InChI is InChI=1S/C25H34N4O3/c1-3-12-25(2,28-23(30)18-32-22-11-6-8-19(15-22)17-26)24(31)27-20-9-7-10-21(16-20)29-13-4-5-14-29/h6-11,15-16H,3-5,12-14,17-18,26H2,1-2H3,(H,27,31)(H,28,30). The van der Waals surface area contributed by atoms with Crippen LogP contribution in [0.5, 0.6) is 5.75 Å². The molecule has 3 rings (SSSR count). The lowest BCUT2D eigenvalue weighted by atomic mass is 9.94. The number of nitrogens with zero attached hydrogens (tertiary/aromatic N) is 1. The van der Waals surface area contributed by atoms with Crippen LogP contribution in [0, 0.1) is 0 Å². The van der Waals surface area contributed by atoms with Crippen LogP contribution in [-0.2, 0) is 16.1 Å². The fourth-order valence-electron chi connectivity index (χ4n) is 4.01. The van der Waals surface area contributed by atoms with Gasteiger partial charge in [0.25, 0.3) is 5.91 Å². The molecule has 2 aromatic carbocycles. The Kier molecular flexibility index (Phi) is 8.11. The SMILES string of the molecule is CCCC(C)(NC(=O)COc1cccc(CN)c1)C(=O)Nc1cccc(N2CCCC2)c1. The lowest BCUT2D eigenvalue weighted by Crippen LogP contribution is -2.55. The molecule has 1 unspecified atom stereocenters. The quantitative estimate of drug-likeness (QED) is 0.528. The van der Waals surface area contributed by atoms with Crippen molar-refractivity contribution in [3.8, 4) is 5.75 Å². The summed E-state index contributed by atoms with van der Waals surface area (Å²) in [6, 6.07) is 15.2. The number of ether oxygens (including phenoxy) is 1. The van der Waals surface area contributed by atoms with Gasteiger partial charge in [0.1, 0.15) is 11.3 Å². The monoisotopic (exact) mass is 438 g/mol. The zero-order valence-electron chi connectivity index (χ0n) is 19.0. The molecule has 1 aliphatic heterocycles. The summed E-state index contributed by atoms with van der Waals surface area (Å²) in [6.07, 6.45) is 3.64. The molecule has 2 aromatic rings. The zero-order valence-corrected chi connectivity index (χ0v) is 19.0. The highest BCUT2D eigenvalue weighted by molar-refractivity contribution is 6.00. The number of amides is 2. The topological polar surface area (TPSA) is 96.7 Å². The molecular weight excluding hydrogens is 404 g/mol. The van der Waals surface area contributed by atoms with E-state index in [0.29, 0.717) is 18.7 Å². The van der Waals surface area contributed by atoms with E-state index in [9.17, 15) is 9.59 Å². The van der Waals surface area contributed by atoms with Gasteiger partial charge in [-0.3, -0.25) is 9.59 Å². The van der Waals surface area contributed by atoms with Crippen LogP contribution in [0.1, 0.15) is 45.1 Å². The zero-order chi connectivity index (χ0) is 23.0. The van der Waals surface area contributed by atoms with Crippen LogP contribution >= 0.6 is 0 Å². The molecule has 1 saturated heterocycles. The van der Waals surface area contributed by atoms with Crippen LogP contribution in [0.15, 0.2) is 48.5 Å². The molecule has 1 fully saturated rings. The molecule has 1 atom stereocenters. The molecule has 7 nitrogen and oxygen atoms in total. The molecule has 0 bridgehead atoms. The summed E-state index contributed by atoms with van der Waals surface area (Å²) >= 11 is 0. The minimum atomic E-state index is -1.04. The number of nitrogens with one attached hydrogen (secondary N) is 2. The maximum Gasteiger partial charge on any atom is 0.258 e. The number of carbonyl (C=O) groups is 2. The van der Waals surface area contributed by atoms with Crippen molar-refractivity contribution in [2.45, 2.75) is 51.6 Å².